The maximum Gasteiger partial charge on any atom is 0.270 e. The molecule has 5 nitrogen and oxygen atoms in total. The quantitative estimate of drug-likeness (QED) is 0.641. The maximum atomic E-state index is 12.7. The number of anilines is 2. The minimum atomic E-state index is -0.217. The van der Waals surface area contributed by atoms with Gasteiger partial charge in [0.25, 0.3) is 5.91 Å². The molecule has 3 rings (SSSR count). The van der Waals surface area contributed by atoms with E-state index in [1.807, 2.05) is 56.3 Å². The lowest BCUT2D eigenvalue weighted by Gasteiger charge is -2.23. The predicted molar refractivity (Wildman–Crippen MR) is 118 cm³/mol. The van der Waals surface area contributed by atoms with Crippen LogP contribution in [0, 0.1) is 13.8 Å². The Hall–Kier alpha value is -3.21. The number of carbonyl (C=O) groups is 1. The lowest BCUT2D eigenvalue weighted by molar-refractivity contribution is 0.0945. The Kier molecular flexibility index (Phi) is 5.97. The Morgan fingerprint density at radius 1 is 0.966 bits per heavy atom. The highest BCUT2D eigenvalue weighted by Crippen LogP contribution is 2.30. The molecule has 3 aromatic rings. The van der Waals surface area contributed by atoms with Gasteiger partial charge in [0.05, 0.1) is 0 Å². The van der Waals surface area contributed by atoms with Crippen molar-refractivity contribution in [1.82, 2.24) is 15.3 Å². The third-order valence-corrected chi connectivity index (χ3v) is 4.77. The number of hydrogen-bond acceptors (Lipinski definition) is 4. The second-order valence-electron chi connectivity index (χ2n) is 8.25. The maximum absolute atomic E-state index is 12.7. The molecular formula is C24H28N4O. The van der Waals surface area contributed by atoms with Crippen LogP contribution < -0.4 is 10.6 Å². The van der Waals surface area contributed by atoms with Crippen LogP contribution in [0.3, 0.4) is 0 Å². The number of aryl methyl sites for hydroxylation is 2. The Bertz CT molecular complexity index is 1020. The van der Waals surface area contributed by atoms with E-state index in [9.17, 15) is 4.79 Å². The Morgan fingerprint density at radius 3 is 2.38 bits per heavy atom. The Morgan fingerprint density at radius 2 is 1.66 bits per heavy atom. The molecule has 0 atom stereocenters. The van der Waals surface area contributed by atoms with Gasteiger partial charge in [0.1, 0.15) is 5.69 Å². The molecular weight excluding hydrogens is 360 g/mol. The first kappa shape index (κ1) is 20.5. The molecule has 2 aromatic carbocycles. The van der Waals surface area contributed by atoms with E-state index in [2.05, 4.69) is 47.4 Å². The fourth-order valence-corrected chi connectivity index (χ4v) is 3.18. The molecule has 0 spiro atoms. The standard InChI is InChI=1S/C24H28N4O/c1-16-10-6-7-11-18(16)15-25-22(29)21-14-17(2)26-23(28-21)27-20-13-9-8-12-19(20)24(3,4)5/h6-14H,15H2,1-5H3,(H,25,29)(H,26,27,28). The van der Waals surface area contributed by atoms with Crippen molar-refractivity contribution >= 4 is 17.5 Å². The summed E-state index contributed by atoms with van der Waals surface area (Å²) in [6.45, 7) is 10.8. The smallest absolute Gasteiger partial charge is 0.270 e. The number of carbonyl (C=O) groups excluding carboxylic acids is 1. The van der Waals surface area contributed by atoms with Crippen LogP contribution in [0.2, 0.25) is 0 Å². The number of nitrogens with one attached hydrogen (secondary N) is 2. The van der Waals surface area contributed by atoms with E-state index in [4.69, 9.17) is 0 Å². The van der Waals surface area contributed by atoms with E-state index in [1.54, 1.807) is 6.07 Å². The highest BCUT2D eigenvalue weighted by Gasteiger charge is 2.18. The van der Waals surface area contributed by atoms with Gasteiger partial charge in [-0.05, 0) is 48.1 Å². The van der Waals surface area contributed by atoms with Crippen LogP contribution in [-0.2, 0) is 12.0 Å². The fourth-order valence-electron chi connectivity index (χ4n) is 3.18. The summed E-state index contributed by atoms with van der Waals surface area (Å²) in [5.41, 5.74) is 5.39. The van der Waals surface area contributed by atoms with Crippen molar-refractivity contribution in [3.8, 4) is 0 Å². The third-order valence-electron chi connectivity index (χ3n) is 4.77. The van der Waals surface area contributed by atoms with Gasteiger partial charge in [-0.25, -0.2) is 9.97 Å². The summed E-state index contributed by atoms with van der Waals surface area (Å²) in [5.74, 6) is 0.202. The molecule has 0 aliphatic carbocycles. The van der Waals surface area contributed by atoms with Crippen LogP contribution in [-0.4, -0.2) is 15.9 Å². The summed E-state index contributed by atoms with van der Waals surface area (Å²) >= 11 is 0. The van der Waals surface area contributed by atoms with Crippen molar-refractivity contribution in [3.63, 3.8) is 0 Å². The summed E-state index contributed by atoms with van der Waals surface area (Å²) in [6.07, 6.45) is 0. The van der Waals surface area contributed by atoms with Gasteiger partial charge >= 0.3 is 0 Å². The van der Waals surface area contributed by atoms with Crippen molar-refractivity contribution in [2.75, 3.05) is 5.32 Å². The van der Waals surface area contributed by atoms with Crippen LogP contribution >= 0.6 is 0 Å². The zero-order valence-corrected chi connectivity index (χ0v) is 17.7. The zero-order chi connectivity index (χ0) is 21.0. The fraction of sp³-hybridized carbons (Fsp3) is 0.292. The van der Waals surface area contributed by atoms with Crippen molar-refractivity contribution in [2.24, 2.45) is 0 Å². The first-order valence-electron chi connectivity index (χ1n) is 9.79. The van der Waals surface area contributed by atoms with E-state index in [1.165, 1.54) is 0 Å². The molecule has 0 aliphatic rings. The first-order valence-corrected chi connectivity index (χ1v) is 9.79. The lowest BCUT2D eigenvalue weighted by Crippen LogP contribution is -2.25. The van der Waals surface area contributed by atoms with Gasteiger partial charge in [0.2, 0.25) is 5.95 Å². The van der Waals surface area contributed by atoms with Crippen LogP contribution in [0.4, 0.5) is 11.6 Å². The molecule has 150 valence electrons. The molecule has 1 heterocycles. The van der Waals surface area contributed by atoms with Crippen molar-refractivity contribution in [3.05, 3.63) is 82.7 Å². The molecule has 0 bridgehead atoms. The SMILES string of the molecule is Cc1cc(C(=O)NCc2ccccc2C)nc(Nc2ccccc2C(C)(C)C)n1. The molecule has 1 amide bonds. The number of nitrogens with zero attached hydrogens (tertiary/aromatic N) is 2. The van der Waals surface area contributed by atoms with E-state index in [0.717, 1.165) is 28.1 Å². The first-order chi connectivity index (χ1) is 13.7. The van der Waals surface area contributed by atoms with Crippen molar-refractivity contribution in [2.45, 2.75) is 46.6 Å². The minimum Gasteiger partial charge on any atom is -0.347 e. The van der Waals surface area contributed by atoms with Gasteiger partial charge in [0, 0.05) is 17.9 Å². The third kappa shape index (κ3) is 5.19. The Balaban J connectivity index is 1.80. The van der Waals surface area contributed by atoms with E-state index < -0.39 is 0 Å². The van der Waals surface area contributed by atoms with Crippen molar-refractivity contribution < 1.29 is 4.79 Å². The molecule has 29 heavy (non-hydrogen) atoms. The molecule has 0 aliphatic heterocycles. The lowest BCUT2D eigenvalue weighted by atomic mass is 9.86. The number of para-hydroxylation sites is 1. The summed E-state index contributed by atoms with van der Waals surface area (Å²) in [7, 11) is 0. The molecule has 5 heteroatoms. The summed E-state index contributed by atoms with van der Waals surface area (Å²) < 4.78 is 0. The Labute approximate surface area is 172 Å². The van der Waals surface area contributed by atoms with Crippen LogP contribution in [0.25, 0.3) is 0 Å². The van der Waals surface area contributed by atoms with Crippen LogP contribution in [0.15, 0.2) is 54.6 Å². The van der Waals surface area contributed by atoms with Gasteiger partial charge in [-0.2, -0.15) is 0 Å². The van der Waals surface area contributed by atoms with E-state index in [0.29, 0.717) is 18.2 Å². The average molecular weight is 389 g/mol. The number of benzene rings is 2. The molecule has 2 N–H and O–H groups in total. The largest absolute Gasteiger partial charge is 0.347 e. The normalized spacial score (nSPS) is 11.2. The molecule has 0 radical (unpaired) electrons. The highest BCUT2D eigenvalue weighted by atomic mass is 16.1. The van der Waals surface area contributed by atoms with E-state index >= 15 is 0 Å². The predicted octanol–water partition coefficient (Wildman–Crippen LogP) is 5.06. The summed E-state index contributed by atoms with van der Waals surface area (Å²) in [6, 6.07) is 17.8. The minimum absolute atomic E-state index is 0.0266. The number of hydrogen-bond donors (Lipinski definition) is 2. The molecule has 0 saturated carbocycles. The van der Waals surface area contributed by atoms with Gasteiger partial charge in [-0.15, -0.1) is 0 Å². The topological polar surface area (TPSA) is 66.9 Å². The molecule has 0 saturated heterocycles. The second kappa shape index (κ2) is 8.43. The van der Waals surface area contributed by atoms with Gasteiger partial charge in [-0.1, -0.05) is 63.2 Å². The highest BCUT2D eigenvalue weighted by molar-refractivity contribution is 5.92. The average Bonchev–Trinajstić information content (AvgIpc) is 2.66. The molecule has 0 unspecified atom stereocenters. The monoisotopic (exact) mass is 388 g/mol. The van der Waals surface area contributed by atoms with Gasteiger partial charge in [0.15, 0.2) is 0 Å². The van der Waals surface area contributed by atoms with E-state index in [-0.39, 0.29) is 11.3 Å². The van der Waals surface area contributed by atoms with Gasteiger partial charge in [-0.3, -0.25) is 4.79 Å². The zero-order valence-electron chi connectivity index (χ0n) is 17.7. The number of rotatable bonds is 5. The van der Waals surface area contributed by atoms with Crippen molar-refractivity contribution in [1.29, 1.82) is 0 Å². The van der Waals surface area contributed by atoms with Crippen LogP contribution in [0.5, 0.6) is 0 Å². The number of amides is 1. The van der Waals surface area contributed by atoms with Crippen LogP contribution in [0.1, 0.15) is 53.6 Å². The van der Waals surface area contributed by atoms with Gasteiger partial charge < -0.3 is 10.6 Å². The second-order valence-corrected chi connectivity index (χ2v) is 8.25. The summed E-state index contributed by atoms with van der Waals surface area (Å²) in [4.78, 5) is 21.6. The molecule has 1 aromatic heterocycles. The molecule has 0 fully saturated rings. The number of aromatic nitrogens is 2. The summed E-state index contributed by atoms with van der Waals surface area (Å²) in [5, 5.41) is 6.25.